The van der Waals surface area contributed by atoms with Crippen molar-refractivity contribution in [1.82, 2.24) is 0 Å². The van der Waals surface area contributed by atoms with Crippen LogP contribution in [0.5, 0.6) is 11.5 Å². The second-order valence-corrected chi connectivity index (χ2v) is 4.60. The van der Waals surface area contributed by atoms with E-state index in [4.69, 9.17) is 9.47 Å². The lowest BCUT2D eigenvalue weighted by atomic mass is 10.0. The van der Waals surface area contributed by atoms with Crippen molar-refractivity contribution >= 4 is 5.78 Å². The highest BCUT2D eigenvalue weighted by Crippen LogP contribution is 2.27. The Kier molecular flexibility index (Phi) is 4.77. The second-order valence-electron chi connectivity index (χ2n) is 4.60. The molecule has 0 aliphatic carbocycles. The van der Waals surface area contributed by atoms with E-state index in [1.54, 1.807) is 14.0 Å². The average Bonchev–Trinajstić information content (AvgIpc) is 2.47. The van der Waals surface area contributed by atoms with Crippen LogP contribution >= 0.6 is 0 Å². The first-order valence-electron chi connectivity index (χ1n) is 6.54. The van der Waals surface area contributed by atoms with Crippen LogP contribution in [-0.4, -0.2) is 12.9 Å². The Hall–Kier alpha value is -2.29. The third kappa shape index (κ3) is 3.85. The van der Waals surface area contributed by atoms with Gasteiger partial charge >= 0.3 is 0 Å². The number of methoxy groups -OCH3 is 1. The molecule has 2 aromatic carbocycles. The maximum Gasteiger partial charge on any atom is 0.133 e. The standard InChI is InChI=1S/C17H18O3/c1-13(18)11-17(14-7-4-3-5-8-14)20-16-10-6-9-15(12-16)19-2/h3-10,12,17H,11H2,1-2H3. The number of Topliss-reactive ketones (excluding diaryl/α,β-unsaturated/α-hetero) is 1. The predicted octanol–water partition coefficient (Wildman–Crippen LogP) is 3.79. The van der Waals surface area contributed by atoms with Gasteiger partial charge in [-0.25, -0.2) is 0 Å². The van der Waals surface area contributed by atoms with Crippen molar-refractivity contribution in [3.05, 3.63) is 60.2 Å². The van der Waals surface area contributed by atoms with E-state index in [0.29, 0.717) is 12.2 Å². The van der Waals surface area contributed by atoms with Crippen LogP contribution in [0.25, 0.3) is 0 Å². The first kappa shape index (κ1) is 14.1. The van der Waals surface area contributed by atoms with E-state index in [0.717, 1.165) is 11.3 Å². The average molecular weight is 270 g/mol. The van der Waals surface area contributed by atoms with Crippen molar-refractivity contribution in [1.29, 1.82) is 0 Å². The minimum Gasteiger partial charge on any atom is -0.497 e. The molecule has 104 valence electrons. The highest BCUT2D eigenvalue weighted by Gasteiger charge is 2.15. The fourth-order valence-corrected chi connectivity index (χ4v) is 2.00. The second kappa shape index (κ2) is 6.75. The molecule has 0 fully saturated rings. The molecule has 0 aliphatic rings. The third-order valence-electron chi connectivity index (χ3n) is 2.96. The molecule has 0 aliphatic heterocycles. The third-order valence-corrected chi connectivity index (χ3v) is 2.96. The molecular formula is C17H18O3. The van der Waals surface area contributed by atoms with Gasteiger partial charge in [-0.2, -0.15) is 0 Å². The predicted molar refractivity (Wildman–Crippen MR) is 78.1 cm³/mol. The van der Waals surface area contributed by atoms with Crippen molar-refractivity contribution in [3.63, 3.8) is 0 Å². The molecule has 0 saturated carbocycles. The number of benzene rings is 2. The Morgan fingerprint density at radius 2 is 1.75 bits per heavy atom. The van der Waals surface area contributed by atoms with E-state index < -0.39 is 0 Å². The lowest BCUT2D eigenvalue weighted by Gasteiger charge is -2.19. The van der Waals surface area contributed by atoms with Crippen LogP contribution < -0.4 is 9.47 Å². The molecule has 0 amide bonds. The Bertz CT molecular complexity index is 563. The highest BCUT2D eigenvalue weighted by atomic mass is 16.5. The van der Waals surface area contributed by atoms with Gasteiger partial charge in [0.2, 0.25) is 0 Å². The lowest BCUT2D eigenvalue weighted by molar-refractivity contribution is -0.118. The van der Waals surface area contributed by atoms with E-state index in [9.17, 15) is 4.79 Å². The van der Waals surface area contributed by atoms with Crippen LogP contribution in [0.2, 0.25) is 0 Å². The molecule has 0 bridgehead atoms. The molecule has 0 N–H and O–H groups in total. The van der Waals surface area contributed by atoms with Crippen LogP contribution in [0.15, 0.2) is 54.6 Å². The van der Waals surface area contributed by atoms with Gasteiger partial charge in [-0.15, -0.1) is 0 Å². The van der Waals surface area contributed by atoms with E-state index in [1.165, 1.54) is 0 Å². The van der Waals surface area contributed by atoms with E-state index in [-0.39, 0.29) is 11.9 Å². The van der Waals surface area contributed by atoms with Crippen LogP contribution in [0.1, 0.15) is 25.0 Å². The fraction of sp³-hybridized carbons (Fsp3) is 0.235. The molecular weight excluding hydrogens is 252 g/mol. The molecule has 0 aromatic heterocycles. The van der Waals surface area contributed by atoms with Crippen LogP contribution in [0.4, 0.5) is 0 Å². The van der Waals surface area contributed by atoms with Gasteiger partial charge < -0.3 is 9.47 Å². The van der Waals surface area contributed by atoms with Crippen molar-refractivity contribution in [2.75, 3.05) is 7.11 Å². The highest BCUT2D eigenvalue weighted by molar-refractivity contribution is 5.76. The van der Waals surface area contributed by atoms with Crippen LogP contribution in [-0.2, 0) is 4.79 Å². The molecule has 0 saturated heterocycles. The van der Waals surface area contributed by atoms with Gasteiger partial charge in [0, 0.05) is 12.5 Å². The van der Waals surface area contributed by atoms with Crippen molar-refractivity contribution in [2.24, 2.45) is 0 Å². The number of hydrogen-bond acceptors (Lipinski definition) is 3. The van der Waals surface area contributed by atoms with Gasteiger partial charge in [-0.05, 0) is 24.6 Å². The maximum absolute atomic E-state index is 11.4. The van der Waals surface area contributed by atoms with Gasteiger partial charge in [0.25, 0.3) is 0 Å². The first-order chi connectivity index (χ1) is 9.69. The number of ether oxygens (including phenoxy) is 2. The van der Waals surface area contributed by atoms with Crippen LogP contribution in [0, 0.1) is 0 Å². The summed E-state index contributed by atoms with van der Waals surface area (Å²) in [5.41, 5.74) is 0.991. The smallest absolute Gasteiger partial charge is 0.133 e. The van der Waals surface area contributed by atoms with Gasteiger partial charge in [-0.3, -0.25) is 4.79 Å². The number of ketones is 1. The number of rotatable bonds is 6. The minimum absolute atomic E-state index is 0.0988. The topological polar surface area (TPSA) is 35.5 Å². The molecule has 0 heterocycles. The summed E-state index contributed by atoms with van der Waals surface area (Å²) in [7, 11) is 1.61. The zero-order valence-corrected chi connectivity index (χ0v) is 11.7. The van der Waals surface area contributed by atoms with Crippen molar-refractivity contribution < 1.29 is 14.3 Å². The molecule has 2 rings (SSSR count). The van der Waals surface area contributed by atoms with E-state index in [2.05, 4.69) is 0 Å². The van der Waals surface area contributed by atoms with Crippen molar-refractivity contribution in [2.45, 2.75) is 19.4 Å². The molecule has 3 nitrogen and oxygen atoms in total. The Morgan fingerprint density at radius 1 is 1.05 bits per heavy atom. The molecule has 0 radical (unpaired) electrons. The molecule has 3 heteroatoms. The summed E-state index contributed by atoms with van der Waals surface area (Å²) in [5, 5.41) is 0. The van der Waals surface area contributed by atoms with E-state index >= 15 is 0 Å². The SMILES string of the molecule is COc1cccc(OC(CC(C)=O)c2ccccc2)c1. The normalized spacial score (nSPS) is 11.7. The largest absolute Gasteiger partial charge is 0.497 e. The molecule has 2 aromatic rings. The Balaban J connectivity index is 2.21. The van der Waals surface area contributed by atoms with Gasteiger partial charge in [-0.1, -0.05) is 36.4 Å². The first-order valence-corrected chi connectivity index (χ1v) is 6.54. The Labute approximate surface area is 119 Å². The van der Waals surface area contributed by atoms with Gasteiger partial charge in [0.1, 0.15) is 23.4 Å². The molecule has 0 spiro atoms. The summed E-state index contributed by atoms with van der Waals surface area (Å²) >= 11 is 0. The summed E-state index contributed by atoms with van der Waals surface area (Å²) in [5.74, 6) is 1.53. The monoisotopic (exact) mass is 270 g/mol. The molecule has 1 unspecified atom stereocenters. The summed E-state index contributed by atoms with van der Waals surface area (Å²) in [6, 6.07) is 17.2. The number of hydrogen-bond donors (Lipinski definition) is 0. The fourth-order valence-electron chi connectivity index (χ4n) is 2.00. The Morgan fingerprint density at radius 3 is 2.40 bits per heavy atom. The molecule has 1 atom stereocenters. The van der Waals surface area contributed by atoms with Crippen molar-refractivity contribution in [3.8, 4) is 11.5 Å². The maximum atomic E-state index is 11.4. The summed E-state index contributed by atoms with van der Waals surface area (Å²) in [6.45, 7) is 1.57. The summed E-state index contributed by atoms with van der Waals surface area (Å²) in [6.07, 6.45) is 0.0714. The summed E-state index contributed by atoms with van der Waals surface area (Å²) in [4.78, 5) is 11.4. The van der Waals surface area contributed by atoms with Crippen LogP contribution in [0.3, 0.4) is 0 Å². The minimum atomic E-state index is -0.277. The quantitative estimate of drug-likeness (QED) is 0.801. The van der Waals surface area contributed by atoms with Gasteiger partial charge in [0.15, 0.2) is 0 Å². The number of carbonyl (C=O) groups is 1. The lowest BCUT2D eigenvalue weighted by Crippen LogP contribution is -2.11. The molecule has 20 heavy (non-hydrogen) atoms. The zero-order valence-electron chi connectivity index (χ0n) is 11.7. The summed E-state index contributed by atoms with van der Waals surface area (Å²) < 4.78 is 11.1. The zero-order chi connectivity index (χ0) is 14.4. The van der Waals surface area contributed by atoms with E-state index in [1.807, 2.05) is 54.6 Å². The number of carbonyl (C=O) groups excluding carboxylic acids is 1. The van der Waals surface area contributed by atoms with Gasteiger partial charge in [0.05, 0.1) is 7.11 Å².